The molecule has 0 radical (unpaired) electrons. The van der Waals surface area contributed by atoms with E-state index in [0.29, 0.717) is 0 Å². The van der Waals surface area contributed by atoms with Gasteiger partial charge >= 0.3 is 0 Å². The summed E-state index contributed by atoms with van der Waals surface area (Å²) in [5.74, 6) is 0.874. The molecule has 0 spiro atoms. The van der Waals surface area contributed by atoms with Gasteiger partial charge in [-0.25, -0.2) is 0 Å². The molecule has 0 fully saturated rings. The standard InChI is InChI=1S/C20H17NO/c1-22-20-10-6-17(7-11-20)3-2-16-4-8-18(9-5-16)19-12-14-21-15-13-19/h2-15H,1H3. The van der Waals surface area contributed by atoms with Gasteiger partial charge in [0, 0.05) is 12.4 Å². The number of rotatable bonds is 4. The molecule has 3 aromatic rings. The van der Waals surface area contributed by atoms with E-state index < -0.39 is 0 Å². The van der Waals surface area contributed by atoms with E-state index in [2.05, 4.69) is 41.4 Å². The molecule has 0 aliphatic carbocycles. The lowest BCUT2D eigenvalue weighted by Gasteiger charge is -2.02. The summed E-state index contributed by atoms with van der Waals surface area (Å²) in [6.07, 6.45) is 7.83. The Hall–Kier alpha value is -2.87. The van der Waals surface area contributed by atoms with E-state index in [4.69, 9.17) is 4.74 Å². The molecule has 2 heteroatoms. The number of pyridine rings is 1. The molecule has 0 saturated heterocycles. The maximum Gasteiger partial charge on any atom is 0.118 e. The van der Waals surface area contributed by atoms with E-state index >= 15 is 0 Å². The fraction of sp³-hybridized carbons (Fsp3) is 0.0500. The minimum atomic E-state index is 0.874. The average molecular weight is 287 g/mol. The Kier molecular flexibility index (Phi) is 4.30. The van der Waals surface area contributed by atoms with Crippen molar-refractivity contribution in [3.63, 3.8) is 0 Å². The monoisotopic (exact) mass is 287 g/mol. The maximum atomic E-state index is 5.16. The Labute approximate surface area is 130 Å². The summed E-state index contributed by atoms with van der Waals surface area (Å²) in [4.78, 5) is 4.04. The van der Waals surface area contributed by atoms with Crippen LogP contribution in [0.2, 0.25) is 0 Å². The lowest BCUT2D eigenvalue weighted by Crippen LogP contribution is -1.81. The molecule has 0 unspecified atom stereocenters. The van der Waals surface area contributed by atoms with Gasteiger partial charge in [-0.3, -0.25) is 4.98 Å². The van der Waals surface area contributed by atoms with Gasteiger partial charge in [0.15, 0.2) is 0 Å². The fourth-order valence-corrected chi connectivity index (χ4v) is 2.24. The minimum absolute atomic E-state index is 0.874. The summed E-state index contributed by atoms with van der Waals surface area (Å²) in [6, 6.07) is 20.5. The number of methoxy groups -OCH3 is 1. The summed E-state index contributed by atoms with van der Waals surface area (Å²) >= 11 is 0. The maximum absolute atomic E-state index is 5.16. The summed E-state index contributed by atoms with van der Waals surface area (Å²) in [6.45, 7) is 0. The third-order valence-corrected chi connectivity index (χ3v) is 3.51. The number of benzene rings is 2. The van der Waals surface area contributed by atoms with Crippen LogP contribution in [-0.4, -0.2) is 12.1 Å². The van der Waals surface area contributed by atoms with Crippen LogP contribution in [0.15, 0.2) is 73.1 Å². The molecule has 0 aliphatic heterocycles. The van der Waals surface area contributed by atoms with Gasteiger partial charge in [0.2, 0.25) is 0 Å². The topological polar surface area (TPSA) is 22.1 Å². The predicted molar refractivity (Wildman–Crippen MR) is 91.6 cm³/mol. The van der Waals surface area contributed by atoms with Crippen molar-refractivity contribution in [1.82, 2.24) is 4.98 Å². The van der Waals surface area contributed by atoms with E-state index in [1.807, 2.05) is 48.8 Å². The van der Waals surface area contributed by atoms with Crippen molar-refractivity contribution in [2.45, 2.75) is 0 Å². The quantitative estimate of drug-likeness (QED) is 0.635. The van der Waals surface area contributed by atoms with Gasteiger partial charge in [-0.1, -0.05) is 48.6 Å². The number of ether oxygens (including phenoxy) is 1. The Balaban J connectivity index is 1.74. The molecule has 1 heterocycles. The second-order valence-electron chi connectivity index (χ2n) is 4.96. The van der Waals surface area contributed by atoms with Crippen LogP contribution in [0.5, 0.6) is 5.75 Å². The van der Waals surface area contributed by atoms with E-state index in [1.54, 1.807) is 7.11 Å². The van der Waals surface area contributed by atoms with Crippen molar-refractivity contribution < 1.29 is 4.74 Å². The van der Waals surface area contributed by atoms with Crippen molar-refractivity contribution in [3.05, 3.63) is 84.2 Å². The van der Waals surface area contributed by atoms with Crippen molar-refractivity contribution in [2.24, 2.45) is 0 Å². The highest BCUT2D eigenvalue weighted by Crippen LogP contribution is 2.20. The Bertz CT molecular complexity index is 744. The lowest BCUT2D eigenvalue weighted by molar-refractivity contribution is 0.415. The fourth-order valence-electron chi connectivity index (χ4n) is 2.24. The molecule has 1 aromatic heterocycles. The highest BCUT2D eigenvalue weighted by Gasteiger charge is 1.96. The van der Waals surface area contributed by atoms with E-state index in [0.717, 1.165) is 11.3 Å². The van der Waals surface area contributed by atoms with Gasteiger partial charge in [0.1, 0.15) is 5.75 Å². The van der Waals surface area contributed by atoms with Gasteiger partial charge in [0.05, 0.1) is 7.11 Å². The second-order valence-corrected chi connectivity index (χ2v) is 4.96. The first-order chi connectivity index (χ1) is 10.8. The molecule has 3 rings (SSSR count). The van der Waals surface area contributed by atoms with Crippen LogP contribution >= 0.6 is 0 Å². The van der Waals surface area contributed by atoms with Crippen LogP contribution in [-0.2, 0) is 0 Å². The van der Waals surface area contributed by atoms with Crippen molar-refractivity contribution in [1.29, 1.82) is 0 Å². The molecule has 0 saturated carbocycles. The normalized spacial score (nSPS) is 10.8. The summed E-state index contributed by atoms with van der Waals surface area (Å²) < 4.78 is 5.16. The Morgan fingerprint density at radius 3 is 1.73 bits per heavy atom. The van der Waals surface area contributed by atoms with Crippen LogP contribution < -0.4 is 4.74 Å². The van der Waals surface area contributed by atoms with Crippen LogP contribution in [0, 0.1) is 0 Å². The molecular weight excluding hydrogens is 270 g/mol. The molecule has 22 heavy (non-hydrogen) atoms. The van der Waals surface area contributed by atoms with Crippen molar-refractivity contribution in [3.8, 4) is 16.9 Å². The van der Waals surface area contributed by atoms with Gasteiger partial charge in [0.25, 0.3) is 0 Å². The lowest BCUT2D eigenvalue weighted by atomic mass is 10.0. The molecule has 2 nitrogen and oxygen atoms in total. The zero-order valence-corrected chi connectivity index (χ0v) is 12.4. The molecule has 2 aromatic carbocycles. The van der Waals surface area contributed by atoms with Gasteiger partial charge < -0.3 is 4.74 Å². The molecule has 0 amide bonds. The highest BCUT2D eigenvalue weighted by atomic mass is 16.5. The second kappa shape index (κ2) is 6.72. The summed E-state index contributed by atoms with van der Waals surface area (Å²) in [5.41, 5.74) is 4.71. The molecule has 0 N–H and O–H groups in total. The van der Waals surface area contributed by atoms with Crippen molar-refractivity contribution in [2.75, 3.05) is 7.11 Å². The van der Waals surface area contributed by atoms with Crippen molar-refractivity contribution >= 4 is 12.2 Å². The smallest absolute Gasteiger partial charge is 0.118 e. The molecule has 0 bridgehead atoms. The van der Waals surface area contributed by atoms with Crippen LogP contribution in [0.4, 0.5) is 0 Å². The first kappa shape index (κ1) is 14.1. The van der Waals surface area contributed by atoms with Gasteiger partial charge in [-0.05, 0) is 46.5 Å². The number of hydrogen-bond acceptors (Lipinski definition) is 2. The Morgan fingerprint density at radius 2 is 1.18 bits per heavy atom. The van der Waals surface area contributed by atoms with Gasteiger partial charge in [-0.15, -0.1) is 0 Å². The third-order valence-electron chi connectivity index (χ3n) is 3.51. The first-order valence-corrected chi connectivity index (χ1v) is 7.18. The predicted octanol–water partition coefficient (Wildman–Crippen LogP) is 4.93. The largest absolute Gasteiger partial charge is 0.497 e. The molecule has 108 valence electrons. The third kappa shape index (κ3) is 3.41. The highest BCUT2D eigenvalue weighted by molar-refractivity contribution is 5.72. The zero-order valence-electron chi connectivity index (χ0n) is 12.4. The van der Waals surface area contributed by atoms with E-state index in [-0.39, 0.29) is 0 Å². The van der Waals surface area contributed by atoms with Crippen LogP contribution in [0.3, 0.4) is 0 Å². The average Bonchev–Trinajstić information content (AvgIpc) is 2.61. The number of hydrogen-bond donors (Lipinski definition) is 0. The molecular formula is C20H17NO. The van der Waals surface area contributed by atoms with Crippen LogP contribution in [0.1, 0.15) is 11.1 Å². The first-order valence-electron chi connectivity index (χ1n) is 7.18. The Morgan fingerprint density at radius 1 is 0.682 bits per heavy atom. The summed E-state index contributed by atoms with van der Waals surface area (Å²) in [7, 11) is 1.68. The SMILES string of the molecule is COc1ccc(C=Cc2ccc(-c3ccncc3)cc2)cc1. The van der Waals surface area contributed by atoms with Gasteiger partial charge in [-0.2, -0.15) is 0 Å². The summed E-state index contributed by atoms with van der Waals surface area (Å²) in [5, 5.41) is 0. The molecule has 0 aliphatic rings. The molecule has 0 atom stereocenters. The van der Waals surface area contributed by atoms with Crippen LogP contribution in [0.25, 0.3) is 23.3 Å². The van der Waals surface area contributed by atoms with E-state index in [1.165, 1.54) is 16.7 Å². The zero-order chi connectivity index (χ0) is 15.2. The number of aromatic nitrogens is 1. The van der Waals surface area contributed by atoms with E-state index in [9.17, 15) is 0 Å². The number of nitrogens with zero attached hydrogens (tertiary/aromatic N) is 1. The minimum Gasteiger partial charge on any atom is -0.497 e.